The number of halogens is 3. The van der Waals surface area contributed by atoms with E-state index in [1.807, 2.05) is 0 Å². The van der Waals surface area contributed by atoms with Gasteiger partial charge < -0.3 is 19.9 Å². The monoisotopic (exact) mass is 421 g/mol. The number of pyridine rings is 1. The molecular formula is C20H18F3N3O4. The lowest BCUT2D eigenvalue weighted by Gasteiger charge is -2.34. The summed E-state index contributed by atoms with van der Waals surface area (Å²) in [5.74, 6) is -4.02. The molecule has 7 nitrogen and oxygen atoms in total. The maximum Gasteiger partial charge on any atom is 0.274 e. The van der Waals surface area contributed by atoms with Crippen molar-refractivity contribution in [3.63, 3.8) is 0 Å². The molecule has 2 bridgehead atoms. The van der Waals surface area contributed by atoms with Crippen molar-refractivity contribution >= 4 is 11.8 Å². The van der Waals surface area contributed by atoms with E-state index in [1.165, 1.54) is 9.47 Å². The lowest BCUT2D eigenvalue weighted by atomic mass is 10.0. The number of nitrogens with zero attached hydrogens (tertiary/aromatic N) is 2. The molecule has 0 radical (unpaired) electrons. The number of fused-ring (bicyclic) bond motifs is 4. The van der Waals surface area contributed by atoms with Gasteiger partial charge in [0.2, 0.25) is 5.43 Å². The molecule has 1 aromatic carbocycles. The van der Waals surface area contributed by atoms with Crippen LogP contribution in [0, 0.1) is 11.6 Å². The molecule has 2 aromatic rings. The van der Waals surface area contributed by atoms with Crippen LogP contribution in [0.5, 0.6) is 5.75 Å². The van der Waals surface area contributed by atoms with E-state index < -0.39 is 52.4 Å². The summed E-state index contributed by atoms with van der Waals surface area (Å²) < 4.78 is 42.1. The highest BCUT2D eigenvalue weighted by molar-refractivity contribution is 5.99. The molecule has 0 saturated carbocycles. The number of hydrogen-bond donors (Lipinski definition) is 2. The van der Waals surface area contributed by atoms with E-state index in [-0.39, 0.29) is 43.7 Å². The minimum absolute atomic E-state index is 0.00175. The van der Waals surface area contributed by atoms with Crippen molar-refractivity contribution in [1.82, 2.24) is 14.8 Å². The van der Waals surface area contributed by atoms with Crippen molar-refractivity contribution < 1.29 is 27.9 Å². The van der Waals surface area contributed by atoms with Gasteiger partial charge in [-0.25, -0.2) is 13.2 Å². The van der Waals surface area contributed by atoms with Gasteiger partial charge in [-0.3, -0.25) is 14.4 Å². The first kappa shape index (κ1) is 20.0. The summed E-state index contributed by atoms with van der Waals surface area (Å²) >= 11 is 0. The van der Waals surface area contributed by atoms with Gasteiger partial charge >= 0.3 is 0 Å². The van der Waals surface area contributed by atoms with Crippen molar-refractivity contribution in [1.29, 1.82) is 0 Å². The molecule has 2 aliphatic rings. The van der Waals surface area contributed by atoms with Crippen LogP contribution in [0.4, 0.5) is 13.2 Å². The largest absolute Gasteiger partial charge is 0.503 e. The predicted octanol–water partition coefficient (Wildman–Crippen LogP) is 1.89. The summed E-state index contributed by atoms with van der Waals surface area (Å²) in [6.07, 6.45) is 0.185. The molecule has 2 atom stereocenters. The maximum absolute atomic E-state index is 14.1. The molecular weight excluding hydrogens is 403 g/mol. The number of carbonyl (C=O) groups excluding carboxylic acids is 2. The summed E-state index contributed by atoms with van der Waals surface area (Å²) in [6, 6.07) is 2.31. The zero-order valence-electron chi connectivity index (χ0n) is 15.7. The normalized spacial score (nSPS) is 20.5. The minimum atomic E-state index is -1.17. The van der Waals surface area contributed by atoms with Crippen LogP contribution in [-0.4, -0.2) is 45.6 Å². The van der Waals surface area contributed by atoms with Gasteiger partial charge in [-0.2, -0.15) is 0 Å². The van der Waals surface area contributed by atoms with Crippen LogP contribution in [0.2, 0.25) is 0 Å². The lowest BCUT2D eigenvalue weighted by molar-refractivity contribution is 0.0677. The third kappa shape index (κ3) is 3.42. The fourth-order valence-electron chi connectivity index (χ4n) is 3.88. The second kappa shape index (κ2) is 7.51. The molecule has 3 heterocycles. The Morgan fingerprint density at radius 2 is 2.03 bits per heavy atom. The molecule has 2 N–H and O–H groups in total. The second-order valence-corrected chi connectivity index (χ2v) is 7.42. The summed E-state index contributed by atoms with van der Waals surface area (Å²) in [7, 11) is 0. The molecule has 30 heavy (non-hydrogen) atoms. The van der Waals surface area contributed by atoms with Crippen LogP contribution < -0.4 is 10.7 Å². The molecule has 1 fully saturated rings. The molecule has 158 valence electrons. The third-order valence-electron chi connectivity index (χ3n) is 5.46. The van der Waals surface area contributed by atoms with Crippen molar-refractivity contribution in [2.45, 2.75) is 31.6 Å². The first-order chi connectivity index (χ1) is 14.3. The zero-order valence-corrected chi connectivity index (χ0v) is 15.7. The van der Waals surface area contributed by atoms with Crippen LogP contribution in [0.25, 0.3) is 0 Å². The van der Waals surface area contributed by atoms with E-state index >= 15 is 0 Å². The number of alkyl halides is 1. The molecule has 0 aliphatic carbocycles. The number of aromatic hydroxyl groups is 1. The highest BCUT2D eigenvalue weighted by Gasteiger charge is 2.38. The van der Waals surface area contributed by atoms with E-state index in [4.69, 9.17) is 0 Å². The number of aromatic nitrogens is 1. The number of rotatable bonds is 3. The number of amides is 2. The fourth-order valence-corrected chi connectivity index (χ4v) is 3.88. The fraction of sp³-hybridized carbons (Fsp3) is 0.350. The number of hydrogen-bond acceptors (Lipinski definition) is 4. The van der Waals surface area contributed by atoms with Gasteiger partial charge in [0.1, 0.15) is 23.4 Å². The Morgan fingerprint density at radius 3 is 2.77 bits per heavy atom. The smallest absolute Gasteiger partial charge is 0.274 e. The van der Waals surface area contributed by atoms with Gasteiger partial charge in [0.25, 0.3) is 11.8 Å². The zero-order chi connectivity index (χ0) is 21.6. The third-order valence-corrected chi connectivity index (χ3v) is 5.46. The highest BCUT2D eigenvalue weighted by Crippen LogP contribution is 2.32. The minimum Gasteiger partial charge on any atom is -0.503 e. The number of nitrogens with one attached hydrogen (secondary N) is 1. The highest BCUT2D eigenvalue weighted by atomic mass is 19.1. The number of carbonyl (C=O) groups is 2. The standard InChI is InChI=1S/C20H18F3N3O4/c21-11-2-1-10(15(23)6-11)7-24-19(29)14-9-26-13-5-12(22)3-4-25(8-13)20(30)16(26)18(28)17(14)27/h1-2,6,9,12-13,28H,3-5,7-8H2,(H,24,29). The molecule has 1 aromatic heterocycles. The molecule has 4 rings (SSSR count). The van der Waals surface area contributed by atoms with E-state index in [0.717, 1.165) is 18.3 Å². The Bertz CT molecular complexity index is 1100. The van der Waals surface area contributed by atoms with E-state index in [2.05, 4.69) is 5.32 Å². The van der Waals surface area contributed by atoms with Crippen molar-refractivity contribution in [3.8, 4) is 5.75 Å². The lowest BCUT2D eigenvalue weighted by Crippen LogP contribution is -2.44. The summed E-state index contributed by atoms with van der Waals surface area (Å²) in [5, 5.41) is 12.7. The SMILES string of the molecule is O=C(NCc1ccc(F)cc1F)c1cn2c(c(O)c1=O)C(=O)N1CCC(F)CC2C1. The quantitative estimate of drug-likeness (QED) is 0.792. The first-order valence-electron chi connectivity index (χ1n) is 9.40. The van der Waals surface area contributed by atoms with Crippen molar-refractivity contribution in [2.75, 3.05) is 13.1 Å². The average molecular weight is 421 g/mol. The van der Waals surface area contributed by atoms with Gasteiger partial charge in [0.05, 0.1) is 6.04 Å². The van der Waals surface area contributed by atoms with Crippen molar-refractivity contribution in [3.05, 3.63) is 63.1 Å². The maximum atomic E-state index is 14.1. The van der Waals surface area contributed by atoms with Crippen LogP contribution >= 0.6 is 0 Å². The van der Waals surface area contributed by atoms with Gasteiger partial charge in [0.15, 0.2) is 11.4 Å². The molecule has 1 saturated heterocycles. The van der Waals surface area contributed by atoms with Crippen LogP contribution in [0.3, 0.4) is 0 Å². The molecule has 2 aliphatic heterocycles. The topological polar surface area (TPSA) is 91.6 Å². The van der Waals surface area contributed by atoms with Crippen molar-refractivity contribution in [2.24, 2.45) is 0 Å². The van der Waals surface area contributed by atoms with Gasteiger partial charge in [0, 0.05) is 43.9 Å². The second-order valence-electron chi connectivity index (χ2n) is 7.42. The Morgan fingerprint density at radius 1 is 1.27 bits per heavy atom. The molecule has 0 spiro atoms. The molecule has 2 unspecified atom stereocenters. The Kier molecular flexibility index (Phi) is 5.00. The molecule has 10 heteroatoms. The van der Waals surface area contributed by atoms with Crippen LogP contribution in [-0.2, 0) is 6.54 Å². The van der Waals surface area contributed by atoms with Crippen LogP contribution in [0.15, 0.2) is 29.2 Å². The average Bonchev–Trinajstić information content (AvgIpc) is 2.87. The van der Waals surface area contributed by atoms with Gasteiger partial charge in [-0.15, -0.1) is 0 Å². The van der Waals surface area contributed by atoms with Crippen LogP contribution in [0.1, 0.15) is 45.3 Å². The summed E-state index contributed by atoms with van der Waals surface area (Å²) in [5.41, 5.74) is -1.78. The predicted molar refractivity (Wildman–Crippen MR) is 99.0 cm³/mol. The van der Waals surface area contributed by atoms with Gasteiger partial charge in [-0.1, -0.05) is 6.07 Å². The molecule has 2 amide bonds. The summed E-state index contributed by atoms with van der Waals surface area (Å²) in [4.78, 5) is 39.1. The Hall–Kier alpha value is -3.30. The Labute approximate surface area is 168 Å². The Balaban J connectivity index is 1.67. The number of benzene rings is 1. The van der Waals surface area contributed by atoms with E-state index in [1.54, 1.807) is 0 Å². The first-order valence-corrected chi connectivity index (χ1v) is 9.40. The van der Waals surface area contributed by atoms with Gasteiger partial charge in [-0.05, 0) is 12.5 Å². The van der Waals surface area contributed by atoms with E-state index in [9.17, 15) is 32.7 Å². The van der Waals surface area contributed by atoms with E-state index in [0.29, 0.717) is 6.07 Å². The summed E-state index contributed by atoms with van der Waals surface area (Å²) in [6.45, 7) is 0.0571.